The van der Waals surface area contributed by atoms with Crippen molar-refractivity contribution in [3.05, 3.63) is 77.4 Å². The van der Waals surface area contributed by atoms with E-state index in [1.54, 1.807) is 12.1 Å². The van der Waals surface area contributed by atoms with Crippen molar-refractivity contribution in [1.82, 2.24) is 0 Å². The number of nitrogens with zero attached hydrogens (tertiary/aromatic N) is 1. The monoisotopic (exact) mass is 517 g/mol. The van der Waals surface area contributed by atoms with E-state index in [-0.39, 0.29) is 23.4 Å². The SMILES string of the molecule is C[N+](C)(C)CCO.O.[O-]c1ccc(Cc2cc3cccccc-3c2)cc1[C@@H]1O[C@H](CO)[C@@H](O)[C@H](O)[C@H]1O. The third-order valence-corrected chi connectivity index (χ3v) is 6.24. The molecule has 2 aliphatic carbocycles. The Labute approximate surface area is 217 Å². The van der Waals surface area contributed by atoms with Crippen molar-refractivity contribution in [3.8, 4) is 16.9 Å². The predicted octanol–water partition coefficient (Wildman–Crippen LogP) is -0.169. The van der Waals surface area contributed by atoms with Crippen molar-refractivity contribution in [2.45, 2.75) is 36.9 Å². The minimum atomic E-state index is -1.52. The molecule has 4 rings (SSSR count). The molecule has 204 valence electrons. The summed E-state index contributed by atoms with van der Waals surface area (Å²) >= 11 is 0. The van der Waals surface area contributed by atoms with E-state index in [0.29, 0.717) is 6.42 Å². The highest BCUT2D eigenvalue weighted by atomic mass is 16.5. The van der Waals surface area contributed by atoms with E-state index in [2.05, 4.69) is 33.3 Å². The number of benzene rings is 1. The first-order valence-corrected chi connectivity index (χ1v) is 12.0. The summed E-state index contributed by atoms with van der Waals surface area (Å²) in [4.78, 5) is 0. The van der Waals surface area contributed by atoms with Gasteiger partial charge in [-0.15, -0.1) is 5.75 Å². The lowest BCUT2D eigenvalue weighted by molar-refractivity contribution is -0.870. The van der Waals surface area contributed by atoms with Gasteiger partial charge in [0.15, 0.2) is 0 Å². The normalized spacial score (nSPS) is 23.6. The van der Waals surface area contributed by atoms with Crippen LogP contribution in [0.25, 0.3) is 11.1 Å². The Kier molecular flexibility index (Phi) is 11.0. The average molecular weight is 518 g/mol. The fraction of sp³-hybridized carbons (Fsp3) is 0.429. The van der Waals surface area contributed by atoms with Crippen LogP contribution < -0.4 is 5.11 Å². The summed E-state index contributed by atoms with van der Waals surface area (Å²) in [7, 11) is 6.16. The molecule has 1 aromatic carbocycles. The van der Waals surface area contributed by atoms with Crippen LogP contribution in [-0.4, -0.2) is 101 Å². The van der Waals surface area contributed by atoms with Crippen molar-refractivity contribution in [2.24, 2.45) is 0 Å². The van der Waals surface area contributed by atoms with Crippen molar-refractivity contribution in [3.63, 3.8) is 0 Å². The smallest absolute Gasteiger partial charge is 0.113 e. The lowest BCUT2D eigenvalue weighted by atomic mass is 9.89. The third kappa shape index (κ3) is 7.94. The van der Waals surface area contributed by atoms with E-state index in [4.69, 9.17) is 9.84 Å². The number of rotatable bonds is 6. The topological polar surface area (TPSA) is 165 Å². The number of ether oxygens (including phenoxy) is 1. The Bertz CT molecular complexity index is 1050. The maximum atomic E-state index is 12.4. The highest BCUT2D eigenvalue weighted by Gasteiger charge is 2.44. The van der Waals surface area contributed by atoms with Gasteiger partial charge >= 0.3 is 0 Å². The molecular weight excluding hydrogens is 478 g/mol. The lowest BCUT2D eigenvalue weighted by Gasteiger charge is -2.41. The predicted molar refractivity (Wildman–Crippen MR) is 138 cm³/mol. The highest BCUT2D eigenvalue weighted by Crippen LogP contribution is 2.36. The maximum Gasteiger partial charge on any atom is 0.113 e. The molecule has 0 spiro atoms. The van der Waals surface area contributed by atoms with Gasteiger partial charge in [-0.1, -0.05) is 60.7 Å². The second-order valence-electron chi connectivity index (χ2n) is 10.2. The van der Waals surface area contributed by atoms with Gasteiger partial charge in [0.1, 0.15) is 37.1 Å². The largest absolute Gasteiger partial charge is 0.872 e. The molecule has 1 saturated heterocycles. The van der Waals surface area contributed by atoms with Crippen LogP contribution in [0.4, 0.5) is 0 Å². The molecule has 1 fully saturated rings. The van der Waals surface area contributed by atoms with Crippen LogP contribution >= 0.6 is 0 Å². The van der Waals surface area contributed by atoms with Gasteiger partial charge in [-0.3, -0.25) is 0 Å². The molecule has 0 saturated carbocycles. The van der Waals surface area contributed by atoms with Crippen LogP contribution in [0, 0.1) is 0 Å². The van der Waals surface area contributed by atoms with Gasteiger partial charge < -0.3 is 45.3 Å². The minimum Gasteiger partial charge on any atom is -0.872 e. The van der Waals surface area contributed by atoms with Crippen LogP contribution in [0.2, 0.25) is 0 Å². The number of aliphatic hydroxyl groups is 5. The van der Waals surface area contributed by atoms with Gasteiger partial charge in [0, 0.05) is 0 Å². The van der Waals surface area contributed by atoms with Gasteiger partial charge in [-0.2, -0.15) is 0 Å². The zero-order valence-electron chi connectivity index (χ0n) is 21.5. The molecule has 0 radical (unpaired) electrons. The zero-order valence-corrected chi connectivity index (χ0v) is 21.5. The maximum absolute atomic E-state index is 12.4. The third-order valence-electron chi connectivity index (χ3n) is 6.24. The van der Waals surface area contributed by atoms with E-state index in [0.717, 1.165) is 33.3 Å². The Morgan fingerprint density at radius 3 is 1.95 bits per heavy atom. The Morgan fingerprint density at radius 2 is 1.43 bits per heavy atom. The molecule has 9 nitrogen and oxygen atoms in total. The Balaban J connectivity index is 0.000000532. The molecule has 1 aliphatic heterocycles. The summed E-state index contributed by atoms with van der Waals surface area (Å²) in [5, 5.41) is 60.5. The average Bonchev–Trinajstić information content (AvgIpc) is 3.06. The van der Waals surface area contributed by atoms with E-state index >= 15 is 0 Å². The molecule has 0 bridgehead atoms. The molecule has 0 unspecified atom stereocenters. The summed E-state index contributed by atoms with van der Waals surface area (Å²) in [5.74, 6) is -0.335. The van der Waals surface area contributed by atoms with Crippen LogP contribution in [0.3, 0.4) is 0 Å². The molecule has 37 heavy (non-hydrogen) atoms. The standard InChI is InChI=1S/C23H24O6.C5H14NO.H2O/c24-12-19-20(26)21(27)22(28)23(29-19)17-11-13(6-7-18(17)25)8-14-9-15-4-2-1-3-5-16(15)10-14;1-6(2,3)4-5-7;/h1-7,9-11,19-28H,8,12H2;7H,4-5H2,1-3H3;1H2/q;+1;/p-1/t19-,20-,21+,22-,23+;;/m1../s1. The summed E-state index contributed by atoms with van der Waals surface area (Å²) in [6, 6.07) is 19.0. The van der Waals surface area contributed by atoms with Gasteiger partial charge in [0.05, 0.1) is 34.4 Å². The summed E-state index contributed by atoms with van der Waals surface area (Å²) in [6.07, 6.45) is -6.04. The Hall–Kier alpha value is -2.60. The van der Waals surface area contributed by atoms with Crippen molar-refractivity contribution in [2.75, 3.05) is 40.9 Å². The van der Waals surface area contributed by atoms with Gasteiger partial charge in [0.2, 0.25) is 0 Å². The summed E-state index contributed by atoms with van der Waals surface area (Å²) in [5.41, 5.74) is 4.39. The molecule has 7 N–H and O–H groups in total. The second-order valence-corrected chi connectivity index (χ2v) is 10.2. The molecule has 1 aromatic rings. The van der Waals surface area contributed by atoms with Gasteiger partial charge in [0.25, 0.3) is 0 Å². The molecule has 3 aliphatic rings. The highest BCUT2D eigenvalue weighted by molar-refractivity contribution is 5.68. The number of quaternary nitrogens is 1. The number of hydrogen-bond acceptors (Lipinski definition) is 7. The number of likely N-dealkylation sites (N-methyl/N-ethyl adjacent to an activating group) is 1. The first-order chi connectivity index (χ1) is 17.0. The van der Waals surface area contributed by atoms with Crippen molar-refractivity contribution >= 4 is 0 Å². The zero-order chi connectivity index (χ0) is 26.5. The molecule has 0 aromatic heterocycles. The van der Waals surface area contributed by atoms with Crippen LogP contribution in [-0.2, 0) is 11.2 Å². The number of hydrogen-bond donors (Lipinski definition) is 5. The fourth-order valence-electron chi connectivity index (χ4n) is 4.21. The fourth-order valence-corrected chi connectivity index (χ4v) is 4.21. The van der Waals surface area contributed by atoms with Crippen LogP contribution in [0.5, 0.6) is 5.75 Å². The second kappa shape index (κ2) is 13.3. The van der Waals surface area contributed by atoms with E-state index in [9.17, 15) is 25.5 Å². The number of fused-ring (bicyclic) bond motifs is 1. The van der Waals surface area contributed by atoms with E-state index in [1.165, 1.54) is 6.07 Å². The first-order valence-electron chi connectivity index (χ1n) is 12.0. The molecule has 0 amide bonds. The molecule has 9 heteroatoms. The quantitative estimate of drug-likeness (QED) is 0.283. The van der Waals surface area contributed by atoms with Crippen molar-refractivity contribution < 1.29 is 45.3 Å². The van der Waals surface area contributed by atoms with Crippen molar-refractivity contribution in [1.29, 1.82) is 0 Å². The molecular formula is C28H39NO8. The number of aliphatic hydroxyl groups excluding tert-OH is 5. The lowest BCUT2D eigenvalue weighted by Crippen LogP contribution is -2.55. The van der Waals surface area contributed by atoms with Gasteiger partial charge in [-0.25, -0.2) is 0 Å². The Morgan fingerprint density at radius 1 is 0.811 bits per heavy atom. The summed E-state index contributed by atoms with van der Waals surface area (Å²) in [6.45, 7) is 0.580. The minimum absolute atomic E-state index is 0. The first kappa shape index (κ1) is 30.6. The van der Waals surface area contributed by atoms with E-state index < -0.39 is 37.1 Å². The van der Waals surface area contributed by atoms with Gasteiger partial charge in [-0.05, 0) is 34.2 Å². The molecule has 1 heterocycles. The van der Waals surface area contributed by atoms with Crippen LogP contribution in [0.1, 0.15) is 22.8 Å². The molecule has 5 atom stereocenters. The summed E-state index contributed by atoms with van der Waals surface area (Å²) < 4.78 is 6.39. The van der Waals surface area contributed by atoms with Crippen LogP contribution in [0.15, 0.2) is 60.7 Å². The van der Waals surface area contributed by atoms with E-state index in [1.807, 2.05) is 30.3 Å².